The highest BCUT2D eigenvalue weighted by atomic mass is 16.3. The Morgan fingerprint density at radius 2 is 1.84 bits per heavy atom. The van der Waals surface area contributed by atoms with E-state index in [4.69, 9.17) is 0 Å². The summed E-state index contributed by atoms with van der Waals surface area (Å²) in [5.74, 6) is -1.31. The summed E-state index contributed by atoms with van der Waals surface area (Å²) >= 11 is 0. The number of nitrogens with one attached hydrogen (secondary N) is 4. The molecule has 0 bridgehead atoms. The number of hydrogen-bond acceptors (Lipinski definition) is 5. The van der Waals surface area contributed by atoms with Crippen LogP contribution >= 0.6 is 0 Å². The molecule has 0 spiro atoms. The number of benzene rings is 1. The second kappa shape index (κ2) is 8.81. The van der Waals surface area contributed by atoms with Gasteiger partial charge >= 0.3 is 0 Å². The van der Waals surface area contributed by atoms with Gasteiger partial charge in [-0.2, -0.15) is 0 Å². The van der Waals surface area contributed by atoms with Crippen LogP contribution in [-0.2, 0) is 14.4 Å². The molecule has 9 heteroatoms. The van der Waals surface area contributed by atoms with Crippen LogP contribution in [0.2, 0.25) is 0 Å². The number of fused-ring (bicyclic) bond motifs is 2. The average Bonchev–Trinajstić information content (AvgIpc) is 3.22. The van der Waals surface area contributed by atoms with Crippen molar-refractivity contribution in [2.75, 3.05) is 19.6 Å². The summed E-state index contributed by atoms with van der Waals surface area (Å²) in [5, 5.41) is 19.8. The largest absolute Gasteiger partial charge is 0.386 e. The molecule has 3 unspecified atom stereocenters. The highest BCUT2D eigenvalue weighted by molar-refractivity contribution is 5.93. The predicted octanol–water partition coefficient (Wildman–Crippen LogP) is 0.300. The van der Waals surface area contributed by atoms with Crippen molar-refractivity contribution in [2.24, 2.45) is 0 Å². The van der Waals surface area contributed by atoms with Crippen LogP contribution in [0.5, 0.6) is 0 Å². The maximum absolute atomic E-state index is 13.0. The van der Waals surface area contributed by atoms with E-state index in [1.165, 1.54) is 0 Å². The van der Waals surface area contributed by atoms with Gasteiger partial charge in [0.2, 0.25) is 17.7 Å². The van der Waals surface area contributed by atoms with E-state index < -0.39 is 30.0 Å². The summed E-state index contributed by atoms with van der Waals surface area (Å²) < 4.78 is 0. The van der Waals surface area contributed by atoms with E-state index in [0.717, 1.165) is 23.7 Å². The molecule has 2 aliphatic rings. The van der Waals surface area contributed by atoms with Crippen LogP contribution in [0.15, 0.2) is 42.7 Å². The molecule has 4 rings (SSSR count). The van der Waals surface area contributed by atoms with Gasteiger partial charge in [0.25, 0.3) is 0 Å². The summed E-state index contributed by atoms with van der Waals surface area (Å²) in [4.78, 5) is 43.1. The summed E-state index contributed by atoms with van der Waals surface area (Å²) in [6, 6.07) is 5.76. The number of nitrogens with zero attached hydrogens (tertiary/aromatic N) is 1. The van der Waals surface area contributed by atoms with Gasteiger partial charge in [-0.05, 0) is 25.3 Å². The molecule has 0 radical (unpaired) electrons. The standard InChI is InChI=1S/C22H27N5O4/c1-13-10-24-22(31)19(20(29)15-11-23-16-7-3-2-6-14(15)16)26-18(28)12-25-21(30)17-8-4-5-9-27(13)17/h2-3,6-7,11,17,19-20,23,29H,1,4-5,8-10,12H2,(H,24,31)(H,25,30)(H,26,28). The van der Waals surface area contributed by atoms with Crippen LogP contribution in [0.1, 0.15) is 30.9 Å². The van der Waals surface area contributed by atoms with E-state index in [1.807, 2.05) is 29.2 Å². The number of H-pyrrole nitrogens is 1. The fourth-order valence-corrected chi connectivity index (χ4v) is 4.30. The molecule has 0 aliphatic carbocycles. The number of aliphatic hydroxyl groups excluding tert-OH is 1. The maximum atomic E-state index is 13.0. The van der Waals surface area contributed by atoms with Crippen molar-refractivity contribution in [3.8, 4) is 0 Å². The molecule has 2 saturated heterocycles. The van der Waals surface area contributed by atoms with Gasteiger partial charge in [-0.1, -0.05) is 24.8 Å². The fraction of sp³-hybridized carbons (Fsp3) is 0.409. The normalized spacial score (nSPS) is 24.4. The number of rotatable bonds is 2. The summed E-state index contributed by atoms with van der Waals surface area (Å²) in [7, 11) is 0. The Kier molecular flexibility index (Phi) is 5.94. The lowest BCUT2D eigenvalue weighted by atomic mass is 9.99. The van der Waals surface area contributed by atoms with Gasteiger partial charge in [-0.15, -0.1) is 0 Å². The number of aromatic amines is 1. The Labute approximate surface area is 179 Å². The van der Waals surface area contributed by atoms with Crippen molar-refractivity contribution in [1.29, 1.82) is 0 Å². The van der Waals surface area contributed by atoms with Gasteiger partial charge < -0.3 is 30.9 Å². The van der Waals surface area contributed by atoms with Gasteiger partial charge in [-0.3, -0.25) is 14.4 Å². The van der Waals surface area contributed by atoms with Crippen molar-refractivity contribution in [3.63, 3.8) is 0 Å². The van der Waals surface area contributed by atoms with E-state index in [9.17, 15) is 19.5 Å². The Morgan fingerprint density at radius 1 is 1.06 bits per heavy atom. The maximum Gasteiger partial charge on any atom is 0.245 e. The molecule has 0 saturated carbocycles. The minimum Gasteiger partial charge on any atom is -0.386 e. The van der Waals surface area contributed by atoms with Gasteiger partial charge in [0.15, 0.2) is 0 Å². The third-order valence-electron chi connectivity index (χ3n) is 5.96. The second-order valence-corrected chi connectivity index (χ2v) is 7.99. The molecule has 2 aromatic rings. The number of aromatic nitrogens is 1. The zero-order valence-corrected chi connectivity index (χ0v) is 17.2. The Morgan fingerprint density at radius 3 is 2.68 bits per heavy atom. The van der Waals surface area contributed by atoms with Crippen molar-refractivity contribution in [3.05, 3.63) is 48.3 Å². The molecule has 1 aromatic carbocycles. The summed E-state index contributed by atoms with van der Waals surface area (Å²) in [6.45, 7) is 4.56. The summed E-state index contributed by atoms with van der Waals surface area (Å²) in [6.07, 6.45) is 2.86. The van der Waals surface area contributed by atoms with Gasteiger partial charge in [-0.25, -0.2) is 0 Å². The third kappa shape index (κ3) is 4.27. The first kappa shape index (κ1) is 20.9. The first-order valence-electron chi connectivity index (χ1n) is 10.5. The molecule has 31 heavy (non-hydrogen) atoms. The zero-order chi connectivity index (χ0) is 22.0. The number of para-hydroxylation sites is 1. The van der Waals surface area contributed by atoms with Crippen molar-refractivity contribution >= 4 is 28.6 Å². The molecule has 3 amide bonds. The molecule has 3 heterocycles. The van der Waals surface area contributed by atoms with Crippen molar-refractivity contribution in [1.82, 2.24) is 25.8 Å². The molecule has 3 atom stereocenters. The van der Waals surface area contributed by atoms with E-state index in [1.54, 1.807) is 6.20 Å². The van der Waals surface area contributed by atoms with E-state index in [-0.39, 0.29) is 19.0 Å². The average molecular weight is 425 g/mol. The van der Waals surface area contributed by atoms with E-state index in [2.05, 4.69) is 27.5 Å². The van der Waals surface area contributed by atoms with Crippen LogP contribution in [0.25, 0.3) is 10.9 Å². The van der Waals surface area contributed by atoms with Crippen LogP contribution in [0, 0.1) is 0 Å². The highest BCUT2D eigenvalue weighted by Gasteiger charge is 2.34. The lowest BCUT2D eigenvalue weighted by Gasteiger charge is -2.38. The molecule has 2 aliphatic heterocycles. The molecule has 2 fully saturated rings. The SMILES string of the molecule is C=C1CNC(=O)C(C(O)c2c[nH]c3ccccc23)NC(=O)CNC(=O)C2CCCCN12. The van der Waals surface area contributed by atoms with Crippen LogP contribution in [0.3, 0.4) is 0 Å². The third-order valence-corrected chi connectivity index (χ3v) is 5.96. The van der Waals surface area contributed by atoms with Gasteiger partial charge in [0.05, 0.1) is 13.1 Å². The smallest absolute Gasteiger partial charge is 0.245 e. The number of piperidine rings is 1. The minimum absolute atomic E-state index is 0.121. The zero-order valence-electron chi connectivity index (χ0n) is 17.2. The highest BCUT2D eigenvalue weighted by Crippen LogP contribution is 2.27. The monoisotopic (exact) mass is 425 g/mol. The lowest BCUT2D eigenvalue weighted by Crippen LogP contribution is -2.56. The first-order valence-corrected chi connectivity index (χ1v) is 10.5. The number of amides is 3. The predicted molar refractivity (Wildman–Crippen MR) is 115 cm³/mol. The Hall–Kier alpha value is -3.33. The second-order valence-electron chi connectivity index (χ2n) is 7.99. The van der Waals surface area contributed by atoms with Gasteiger partial charge in [0.1, 0.15) is 18.2 Å². The number of hydrogen-bond donors (Lipinski definition) is 5. The van der Waals surface area contributed by atoms with E-state index in [0.29, 0.717) is 24.2 Å². The van der Waals surface area contributed by atoms with Crippen LogP contribution < -0.4 is 16.0 Å². The number of carbonyl (C=O) groups excluding carboxylic acids is 3. The molecule has 5 N–H and O–H groups in total. The lowest BCUT2D eigenvalue weighted by molar-refractivity contribution is -0.133. The molecular weight excluding hydrogens is 398 g/mol. The fourth-order valence-electron chi connectivity index (χ4n) is 4.30. The molecule has 1 aromatic heterocycles. The minimum atomic E-state index is -1.28. The van der Waals surface area contributed by atoms with Crippen LogP contribution in [-0.4, -0.2) is 64.4 Å². The Balaban J connectivity index is 1.59. The number of aliphatic hydroxyl groups is 1. The van der Waals surface area contributed by atoms with E-state index >= 15 is 0 Å². The molecule has 9 nitrogen and oxygen atoms in total. The summed E-state index contributed by atoms with van der Waals surface area (Å²) in [5.41, 5.74) is 1.94. The molecular formula is C22H27N5O4. The molecule has 164 valence electrons. The number of carbonyl (C=O) groups is 3. The van der Waals surface area contributed by atoms with Crippen LogP contribution in [0.4, 0.5) is 0 Å². The first-order chi connectivity index (χ1) is 15.0. The van der Waals surface area contributed by atoms with Crippen molar-refractivity contribution < 1.29 is 19.5 Å². The Bertz CT molecular complexity index is 1020. The van der Waals surface area contributed by atoms with Crippen molar-refractivity contribution in [2.45, 2.75) is 37.5 Å². The quantitative estimate of drug-likeness (QED) is 0.473. The topological polar surface area (TPSA) is 127 Å². The van der Waals surface area contributed by atoms with Gasteiger partial charge in [0, 0.05) is 34.9 Å².